The highest BCUT2D eigenvalue weighted by molar-refractivity contribution is 7.18. The summed E-state index contributed by atoms with van der Waals surface area (Å²) < 4.78 is 5.91. The normalized spacial score (nSPS) is 10.6. The van der Waals surface area contributed by atoms with Crippen molar-refractivity contribution in [2.24, 2.45) is 0 Å². The third-order valence-corrected chi connectivity index (χ3v) is 4.41. The van der Waals surface area contributed by atoms with E-state index < -0.39 is 0 Å². The molecule has 3 rings (SSSR count). The van der Waals surface area contributed by atoms with E-state index in [2.05, 4.69) is 29.9 Å². The molecule has 0 radical (unpaired) electrons. The van der Waals surface area contributed by atoms with Crippen molar-refractivity contribution < 1.29 is 4.74 Å². The lowest BCUT2D eigenvalue weighted by molar-refractivity contribution is 0.466. The Morgan fingerprint density at radius 1 is 1.10 bits per heavy atom. The quantitative estimate of drug-likeness (QED) is 0.708. The molecule has 104 valence electrons. The summed E-state index contributed by atoms with van der Waals surface area (Å²) in [5.74, 6) is 1.92. The van der Waals surface area contributed by atoms with Gasteiger partial charge >= 0.3 is 0 Å². The van der Waals surface area contributed by atoms with Crippen LogP contribution in [0.5, 0.6) is 11.6 Å². The topological polar surface area (TPSA) is 58.8 Å². The molecule has 1 aromatic carbocycles. The predicted molar refractivity (Wildman–Crippen MR) is 82.9 cm³/mol. The van der Waals surface area contributed by atoms with E-state index in [1.54, 1.807) is 35.6 Å². The van der Waals surface area contributed by atoms with E-state index in [0.717, 1.165) is 15.8 Å². The van der Waals surface area contributed by atoms with Crippen LogP contribution in [0.1, 0.15) is 21.8 Å². The minimum atomic E-state index is 0.573. The number of rotatable bonds is 2. The second-order valence-corrected chi connectivity index (χ2v) is 5.98. The first-order chi connectivity index (χ1) is 10.1. The van der Waals surface area contributed by atoms with Crippen LogP contribution in [-0.4, -0.2) is 9.97 Å². The van der Waals surface area contributed by atoms with Gasteiger partial charge in [0.2, 0.25) is 5.88 Å². The first-order valence-electron chi connectivity index (χ1n) is 6.51. The summed E-state index contributed by atoms with van der Waals surface area (Å²) in [4.78, 5) is 11.1. The number of nitriles is 1. The van der Waals surface area contributed by atoms with Gasteiger partial charge in [-0.2, -0.15) is 10.2 Å². The second-order valence-electron chi connectivity index (χ2n) is 4.78. The standard InChI is InChI=1S/C16H13N3OS/c1-9-10(2)21-16-14(9)15(18-11(3)19-16)20-13-6-4-12(8-17)5-7-13/h4-7H,1-3H3. The van der Waals surface area contributed by atoms with Gasteiger partial charge < -0.3 is 4.74 Å². The Morgan fingerprint density at radius 3 is 2.48 bits per heavy atom. The van der Waals surface area contributed by atoms with E-state index in [0.29, 0.717) is 23.0 Å². The highest BCUT2D eigenvalue weighted by Crippen LogP contribution is 2.36. The highest BCUT2D eigenvalue weighted by atomic mass is 32.1. The van der Waals surface area contributed by atoms with Crippen LogP contribution in [-0.2, 0) is 0 Å². The van der Waals surface area contributed by atoms with Crippen LogP contribution in [0.4, 0.5) is 0 Å². The molecule has 0 spiro atoms. The fraction of sp³-hybridized carbons (Fsp3) is 0.188. The Kier molecular flexibility index (Phi) is 3.32. The molecule has 3 aromatic rings. The Balaban J connectivity index is 2.09. The number of hydrogen-bond acceptors (Lipinski definition) is 5. The van der Waals surface area contributed by atoms with Gasteiger partial charge in [0, 0.05) is 4.88 Å². The number of aryl methyl sites for hydroxylation is 3. The molecule has 0 atom stereocenters. The van der Waals surface area contributed by atoms with Gasteiger partial charge in [0.05, 0.1) is 17.0 Å². The van der Waals surface area contributed by atoms with Crippen LogP contribution < -0.4 is 4.74 Å². The maximum absolute atomic E-state index is 8.83. The lowest BCUT2D eigenvalue weighted by Crippen LogP contribution is -1.94. The molecule has 0 fully saturated rings. The Morgan fingerprint density at radius 2 is 1.81 bits per heavy atom. The van der Waals surface area contributed by atoms with Crippen molar-refractivity contribution in [1.82, 2.24) is 9.97 Å². The lowest BCUT2D eigenvalue weighted by Gasteiger charge is -2.07. The van der Waals surface area contributed by atoms with Crippen molar-refractivity contribution in [2.75, 3.05) is 0 Å². The largest absolute Gasteiger partial charge is 0.438 e. The highest BCUT2D eigenvalue weighted by Gasteiger charge is 2.15. The molecular weight excluding hydrogens is 282 g/mol. The van der Waals surface area contributed by atoms with E-state index in [9.17, 15) is 0 Å². The van der Waals surface area contributed by atoms with Gasteiger partial charge in [-0.3, -0.25) is 0 Å². The van der Waals surface area contributed by atoms with Crippen molar-refractivity contribution in [3.05, 3.63) is 46.1 Å². The summed E-state index contributed by atoms with van der Waals surface area (Å²) in [5.41, 5.74) is 1.76. The summed E-state index contributed by atoms with van der Waals surface area (Å²) in [5, 5.41) is 9.79. The van der Waals surface area contributed by atoms with Gasteiger partial charge in [-0.25, -0.2) is 4.98 Å². The summed E-state index contributed by atoms with van der Waals surface area (Å²) in [7, 11) is 0. The molecule has 0 aliphatic heterocycles. The number of nitrogens with zero attached hydrogens (tertiary/aromatic N) is 3. The molecule has 0 saturated carbocycles. The van der Waals surface area contributed by atoms with Crippen molar-refractivity contribution >= 4 is 21.6 Å². The van der Waals surface area contributed by atoms with Gasteiger partial charge in [0.25, 0.3) is 0 Å². The van der Waals surface area contributed by atoms with Crippen molar-refractivity contribution in [2.45, 2.75) is 20.8 Å². The van der Waals surface area contributed by atoms with Gasteiger partial charge in [-0.1, -0.05) is 0 Å². The smallest absolute Gasteiger partial charge is 0.231 e. The SMILES string of the molecule is Cc1nc(Oc2ccc(C#N)cc2)c2c(C)c(C)sc2n1. The predicted octanol–water partition coefficient (Wildman–Crippen LogP) is 4.28. The van der Waals surface area contributed by atoms with Crippen molar-refractivity contribution in [3.8, 4) is 17.7 Å². The first kappa shape index (κ1) is 13.5. The third-order valence-electron chi connectivity index (χ3n) is 3.31. The molecule has 2 heterocycles. The van der Waals surface area contributed by atoms with Crippen LogP contribution in [0, 0.1) is 32.1 Å². The second kappa shape index (κ2) is 5.15. The molecule has 21 heavy (non-hydrogen) atoms. The maximum Gasteiger partial charge on any atom is 0.231 e. The third kappa shape index (κ3) is 2.46. The number of thiophene rings is 1. The Labute approximate surface area is 126 Å². The molecule has 2 aromatic heterocycles. The van der Waals surface area contributed by atoms with Gasteiger partial charge in [0.1, 0.15) is 16.4 Å². The van der Waals surface area contributed by atoms with Gasteiger partial charge in [0.15, 0.2) is 0 Å². The van der Waals surface area contributed by atoms with Crippen LogP contribution in [0.25, 0.3) is 10.2 Å². The zero-order chi connectivity index (χ0) is 15.0. The average molecular weight is 295 g/mol. The Bertz CT molecular complexity index is 860. The van der Waals surface area contributed by atoms with E-state index in [1.807, 2.05) is 6.92 Å². The molecule has 0 aliphatic carbocycles. The molecular formula is C16H13N3OS. The van der Waals surface area contributed by atoms with E-state index in [1.165, 1.54) is 4.88 Å². The minimum absolute atomic E-state index is 0.573. The number of fused-ring (bicyclic) bond motifs is 1. The van der Waals surface area contributed by atoms with E-state index in [-0.39, 0.29) is 0 Å². The monoisotopic (exact) mass is 295 g/mol. The van der Waals surface area contributed by atoms with Crippen LogP contribution >= 0.6 is 11.3 Å². The molecule has 0 saturated heterocycles. The van der Waals surface area contributed by atoms with Crippen LogP contribution in [0.3, 0.4) is 0 Å². The number of hydrogen-bond donors (Lipinski definition) is 0. The molecule has 0 bridgehead atoms. The van der Waals surface area contributed by atoms with Crippen molar-refractivity contribution in [3.63, 3.8) is 0 Å². The maximum atomic E-state index is 8.83. The first-order valence-corrected chi connectivity index (χ1v) is 7.32. The number of ether oxygens (including phenoxy) is 1. The number of aromatic nitrogens is 2. The number of benzene rings is 1. The van der Waals surface area contributed by atoms with Crippen molar-refractivity contribution in [1.29, 1.82) is 5.26 Å². The lowest BCUT2D eigenvalue weighted by atomic mass is 10.2. The van der Waals surface area contributed by atoms with E-state index in [4.69, 9.17) is 10.00 Å². The zero-order valence-electron chi connectivity index (χ0n) is 12.0. The van der Waals surface area contributed by atoms with Gasteiger partial charge in [-0.05, 0) is 50.6 Å². The Hall–Kier alpha value is -2.45. The fourth-order valence-electron chi connectivity index (χ4n) is 2.10. The summed E-state index contributed by atoms with van der Waals surface area (Å²) in [6.07, 6.45) is 0. The molecule has 0 aliphatic rings. The summed E-state index contributed by atoms with van der Waals surface area (Å²) in [6.45, 7) is 5.98. The molecule has 0 unspecified atom stereocenters. The summed E-state index contributed by atoms with van der Waals surface area (Å²) >= 11 is 1.65. The fourth-order valence-corrected chi connectivity index (χ4v) is 3.16. The van der Waals surface area contributed by atoms with Crippen LogP contribution in [0.2, 0.25) is 0 Å². The molecule has 4 nitrogen and oxygen atoms in total. The van der Waals surface area contributed by atoms with Gasteiger partial charge in [-0.15, -0.1) is 11.3 Å². The zero-order valence-corrected chi connectivity index (χ0v) is 12.8. The average Bonchev–Trinajstić information content (AvgIpc) is 2.74. The minimum Gasteiger partial charge on any atom is -0.438 e. The summed E-state index contributed by atoms with van der Waals surface area (Å²) in [6, 6.07) is 9.10. The molecule has 0 amide bonds. The van der Waals surface area contributed by atoms with Crippen LogP contribution in [0.15, 0.2) is 24.3 Å². The molecule has 0 N–H and O–H groups in total. The van der Waals surface area contributed by atoms with E-state index >= 15 is 0 Å². The molecule has 5 heteroatoms.